The van der Waals surface area contributed by atoms with E-state index in [1.54, 1.807) is 13.3 Å². The largest absolute Gasteiger partial charge is 0.491 e. The van der Waals surface area contributed by atoms with Gasteiger partial charge in [-0.2, -0.15) is 4.98 Å². The van der Waals surface area contributed by atoms with Crippen LogP contribution in [0, 0.1) is 5.92 Å². The molecule has 0 aromatic carbocycles. The van der Waals surface area contributed by atoms with Gasteiger partial charge in [0.25, 0.3) is 0 Å². The number of nitrogens with zero attached hydrogens (tertiary/aromatic N) is 6. The van der Waals surface area contributed by atoms with Gasteiger partial charge in [-0.15, -0.1) is 0 Å². The van der Waals surface area contributed by atoms with Crippen LogP contribution in [0.5, 0.6) is 5.75 Å². The van der Waals surface area contributed by atoms with E-state index in [4.69, 9.17) is 9.72 Å². The van der Waals surface area contributed by atoms with Crippen molar-refractivity contribution in [3.8, 4) is 5.75 Å². The molecule has 180 valence electrons. The van der Waals surface area contributed by atoms with E-state index in [0.717, 1.165) is 36.8 Å². The average molecular weight is 465 g/mol. The summed E-state index contributed by atoms with van der Waals surface area (Å²) < 4.78 is 7.54. The fraction of sp³-hybridized carbons (Fsp3) is 0.500. The molecule has 0 bridgehead atoms. The molecule has 2 aliphatic rings. The van der Waals surface area contributed by atoms with Gasteiger partial charge < -0.3 is 29.6 Å². The fourth-order valence-corrected chi connectivity index (χ4v) is 4.68. The van der Waals surface area contributed by atoms with Crippen molar-refractivity contribution in [1.29, 1.82) is 0 Å². The number of nitrogens with one attached hydrogen (secondary N) is 2. The predicted octanol–water partition coefficient (Wildman–Crippen LogP) is 1.42. The van der Waals surface area contributed by atoms with Gasteiger partial charge in [-0.3, -0.25) is 4.79 Å². The van der Waals surface area contributed by atoms with Crippen molar-refractivity contribution in [2.24, 2.45) is 5.92 Å². The molecule has 5 heterocycles. The number of methoxy groups -OCH3 is 1. The molecule has 2 fully saturated rings. The average Bonchev–Trinajstić information content (AvgIpc) is 3.23. The van der Waals surface area contributed by atoms with Gasteiger partial charge in [-0.25, -0.2) is 9.97 Å². The number of carbonyl (C=O) groups excluding carboxylic acids is 1. The minimum Gasteiger partial charge on any atom is -0.491 e. The van der Waals surface area contributed by atoms with Crippen LogP contribution < -0.4 is 25.2 Å². The molecule has 10 nitrogen and oxygen atoms in total. The molecular weight excluding hydrogens is 432 g/mol. The van der Waals surface area contributed by atoms with Crippen molar-refractivity contribution in [3.63, 3.8) is 0 Å². The van der Waals surface area contributed by atoms with Crippen LogP contribution >= 0.6 is 0 Å². The predicted molar refractivity (Wildman–Crippen MR) is 130 cm³/mol. The highest BCUT2D eigenvalue weighted by Crippen LogP contribution is 2.33. The lowest BCUT2D eigenvalue weighted by Gasteiger charge is -2.41. The number of anilines is 2. The molecule has 1 atom stereocenters. The van der Waals surface area contributed by atoms with Gasteiger partial charge in [-0.1, -0.05) is 6.07 Å². The first-order chi connectivity index (χ1) is 16.4. The molecule has 2 saturated heterocycles. The Morgan fingerprint density at radius 3 is 2.76 bits per heavy atom. The van der Waals surface area contributed by atoms with Gasteiger partial charge in [0.1, 0.15) is 5.65 Å². The SMILES string of the molecule is COc1cnc(N2CCN[C@@H](C)C2)nc1N1CC(C(=O)NC(C)(C)c2cnc3ccccn23)C1. The molecule has 34 heavy (non-hydrogen) atoms. The van der Waals surface area contributed by atoms with Crippen LogP contribution in [0.3, 0.4) is 0 Å². The highest BCUT2D eigenvalue weighted by Gasteiger charge is 2.38. The minimum atomic E-state index is -0.558. The molecule has 3 aromatic heterocycles. The number of rotatable bonds is 6. The Morgan fingerprint density at radius 1 is 1.18 bits per heavy atom. The first-order valence-electron chi connectivity index (χ1n) is 11.7. The Labute approximate surface area is 199 Å². The molecule has 0 aliphatic carbocycles. The number of fused-ring (bicyclic) bond motifs is 1. The van der Waals surface area contributed by atoms with E-state index in [1.807, 2.05) is 48.8 Å². The van der Waals surface area contributed by atoms with Gasteiger partial charge in [0.2, 0.25) is 11.9 Å². The summed E-state index contributed by atoms with van der Waals surface area (Å²) in [6.07, 6.45) is 5.52. The lowest BCUT2D eigenvalue weighted by Crippen LogP contribution is -2.57. The second-order valence-electron chi connectivity index (χ2n) is 9.65. The zero-order chi connectivity index (χ0) is 23.9. The summed E-state index contributed by atoms with van der Waals surface area (Å²) in [5.74, 6) is 1.96. The Bertz CT molecular complexity index is 1190. The van der Waals surface area contributed by atoms with Gasteiger partial charge in [0.15, 0.2) is 11.6 Å². The third-order valence-corrected chi connectivity index (χ3v) is 6.64. The highest BCUT2D eigenvalue weighted by atomic mass is 16.5. The summed E-state index contributed by atoms with van der Waals surface area (Å²) >= 11 is 0. The zero-order valence-electron chi connectivity index (χ0n) is 20.2. The van der Waals surface area contributed by atoms with E-state index in [1.165, 1.54) is 0 Å². The van der Waals surface area contributed by atoms with E-state index in [-0.39, 0.29) is 11.8 Å². The first kappa shape index (κ1) is 22.4. The third kappa shape index (κ3) is 4.13. The molecule has 2 N–H and O–H groups in total. The summed E-state index contributed by atoms with van der Waals surface area (Å²) in [4.78, 5) is 31.2. The van der Waals surface area contributed by atoms with E-state index in [0.29, 0.717) is 30.8 Å². The lowest BCUT2D eigenvalue weighted by atomic mass is 9.95. The molecule has 2 aliphatic heterocycles. The number of hydrogen-bond acceptors (Lipinski definition) is 8. The fourth-order valence-electron chi connectivity index (χ4n) is 4.68. The summed E-state index contributed by atoms with van der Waals surface area (Å²) in [5, 5.41) is 6.65. The quantitative estimate of drug-likeness (QED) is 0.565. The van der Waals surface area contributed by atoms with Crippen molar-refractivity contribution < 1.29 is 9.53 Å². The van der Waals surface area contributed by atoms with Crippen molar-refractivity contribution in [1.82, 2.24) is 30.0 Å². The smallest absolute Gasteiger partial charge is 0.227 e. The number of aromatic nitrogens is 4. The van der Waals surface area contributed by atoms with E-state index in [2.05, 4.69) is 37.3 Å². The summed E-state index contributed by atoms with van der Waals surface area (Å²) in [5.41, 5.74) is 1.25. The summed E-state index contributed by atoms with van der Waals surface area (Å²) in [6, 6.07) is 6.26. The maximum Gasteiger partial charge on any atom is 0.227 e. The summed E-state index contributed by atoms with van der Waals surface area (Å²) in [7, 11) is 1.62. The zero-order valence-corrected chi connectivity index (χ0v) is 20.2. The van der Waals surface area contributed by atoms with Crippen LogP contribution in [0.2, 0.25) is 0 Å². The van der Waals surface area contributed by atoms with Crippen LogP contribution in [-0.2, 0) is 10.3 Å². The molecule has 0 spiro atoms. The number of pyridine rings is 1. The van der Waals surface area contributed by atoms with E-state index in [9.17, 15) is 4.79 Å². The van der Waals surface area contributed by atoms with Gasteiger partial charge in [0.05, 0.1) is 36.7 Å². The number of hydrogen-bond donors (Lipinski definition) is 2. The maximum atomic E-state index is 13.1. The highest BCUT2D eigenvalue weighted by molar-refractivity contribution is 5.83. The third-order valence-electron chi connectivity index (χ3n) is 6.64. The van der Waals surface area contributed by atoms with Crippen molar-refractivity contribution in [2.75, 3.05) is 49.6 Å². The number of ether oxygens (including phenoxy) is 1. The Hall–Kier alpha value is -3.40. The van der Waals surface area contributed by atoms with Crippen LogP contribution in [0.4, 0.5) is 11.8 Å². The maximum absolute atomic E-state index is 13.1. The van der Waals surface area contributed by atoms with Gasteiger partial charge in [0, 0.05) is 45.0 Å². The molecule has 0 radical (unpaired) electrons. The molecule has 5 rings (SSSR count). The molecule has 1 amide bonds. The van der Waals surface area contributed by atoms with E-state index >= 15 is 0 Å². The molecule has 10 heteroatoms. The van der Waals surface area contributed by atoms with E-state index < -0.39 is 5.54 Å². The standard InChI is InChI=1S/C24H32N8O2/c1-16-13-30(10-8-25-16)23-27-11-18(34-4)21(28-23)31-14-17(15-31)22(33)29-24(2,3)19-12-26-20-7-5-6-9-32(19)20/h5-7,9,11-12,16-17,25H,8,10,13-15H2,1-4H3,(H,29,33)/t16-/m0/s1. The van der Waals surface area contributed by atoms with Gasteiger partial charge >= 0.3 is 0 Å². The normalized spacial score (nSPS) is 19.2. The van der Waals surface area contributed by atoms with Crippen LogP contribution in [0.15, 0.2) is 36.8 Å². The topological polar surface area (TPSA) is 99.9 Å². The second kappa shape index (κ2) is 8.75. The van der Waals surface area contributed by atoms with Crippen molar-refractivity contribution in [2.45, 2.75) is 32.4 Å². The summed E-state index contributed by atoms with van der Waals surface area (Å²) in [6.45, 7) is 9.95. The minimum absolute atomic E-state index is 0.0244. The second-order valence-corrected chi connectivity index (χ2v) is 9.65. The lowest BCUT2D eigenvalue weighted by molar-refractivity contribution is -0.127. The molecule has 3 aromatic rings. The van der Waals surface area contributed by atoms with Crippen molar-refractivity contribution in [3.05, 3.63) is 42.5 Å². The Kier molecular flexibility index (Phi) is 5.76. The Morgan fingerprint density at radius 2 is 2.00 bits per heavy atom. The first-order valence-corrected chi connectivity index (χ1v) is 11.7. The Balaban J connectivity index is 1.26. The number of imidazole rings is 1. The molecular formula is C24H32N8O2. The number of carbonyl (C=O) groups is 1. The number of amides is 1. The number of piperazine rings is 1. The van der Waals surface area contributed by atoms with Crippen LogP contribution in [0.1, 0.15) is 26.5 Å². The van der Waals surface area contributed by atoms with Crippen LogP contribution in [-0.4, -0.2) is 71.1 Å². The molecule has 0 unspecified atom stereocenters. The molecule has 0 saturated carbocycles. The van der Waals surface area contributed by atoms with Crippen molar-refractivity contribution >= 4 is 23.3 Å². The van der Waals surface area contributed by atoms with Crippen LogP contribution in [0.25, 0.3) is 5.65 Å². The monoisotopic (exact) mass is 464 g/mol. The van der Waals surface area contributed by atoms with Gasteiger partial charge in [-0.05, 0) is 32.9 Å².